The van der Waals surface area contributed by atoms with Crippen molar-refractivity contribution in [2.75, 3.05) is 31.0 Å². The van der Waals surface area contributed by atoms with Crippen molar-refractivity contribution in [2.24, 2.45) is 0 Å². The van der Waals surface area contributed by atoms with E-state index < -0.39 is 9.84 Å². The van der Waals surface area contributed by atoms with Crippen LogP contribution in [0.5, 0.6) is 11.5 Å². The summed E-state index contributed by atoms with van der Waals surface area (Å²) in [5.41, 5.74) is 0.802. The Morgan fingerprint density at radius 3 is 2.53 bits per heavy atom. The molecule has 0 aromatic heterocycles. The molecule has 0 amide bonds. The Kier molecular flexibility index (Phi) is 5.47. The summed E-state index contributed by atoms with van der Waals surface area (Å²) in [5.74, 6) is 1.38. The number of benzene rings is 1. The van der Waals surface area contributed by atoms with Crippen molar-refractivity contribution in [3.8, 4) is 11.5 Å². The van der Waals surface area contributed by atoms with Gasteiger partial charge in [0.15, 0.2) is 11.5 Å². The van der Waals surface area contributed by atoms with Crippen LogP contribution >= 0.6 is 0 Å². The Morgan fingerprint density at radius 2 is 2.00 bits per heavy atom. The predicted molar refractivity (Wildman–Crippen MR) is 77.0 cm³/mol. The van der Waals surface area contributed by atoms with Crippen LogP contribution in [0.2, 0.25) is 0 Å². The molecule has 0 heterocycles. The molecule has 1 unspecified atom stereocenters. The third-order valence-corrected chi connectivity index (χ3v) is 3.53. The SMILES string of the molecule is CCOc1ccc(NC(C)CS(C)(=O)=O)cc1OC. The van der Waals surface area contributed by atoms with Gasteiger partial charge in [-0.25, -0.2) is 8.42 Å². The van der Waals surface area contributed by atoms with Crippen LogP contribution in [0, 0.1) is 0 Å². The van der Waals surface area contributed by atoms with Gasteiger partial charge in [0.1, 0.15) is 9.84 Å². The van der Waals surface area contributed by atoms with Crippen LogP contribution in [-0.4, -0.2) is 40.2 Å². The maximum absolute atomic E-state index is 11.2. The van der Waals surface area contributed by atoms with Gasteiger partial charge in [0.25, 0.3) is 0 Å². The van der Waals surface area contributed by atoms with Crippen molar-refractivity contribution < 1.29 is 17.9 Å². The van der Waals surface area contributed by atoms with Gasteiger partial charge in [-0.2, -0.15) is 0 Å². The van der Waals surface area contributed by atoms with Crippen molar-refractivity contribution in [2.45, 2.75) is 19.9 Å². The van der Waals surface area contributed by atoms with E-state index in [4.69, 9.17) is 9.47 Å². The van der Waals surface area contributed by atoms with E-state index in [2.05, 4.69) is 5.32 Å². The summed E-state index contributed by atoms with van der Waals surface area (Å²) in [4.78, 5) is 0. The van der Waals surface area contributed by atoms with Gasteiger partial charge < -0.3 is 14.8 Å². The highest BCUT2D eigenvalue weighted by Crippen LogP contribution is 2.30. The Balaban J connectivity index is 2.79. The highest BCUT2D eigenvalue weighted by molar-refractivity contribution is 7.90. The summed E-state index contributed by atoms with van der Waals surface area (Å²) in [6.45, 7) is 4.29. The monoisotopic (exact) mass is 287 g/mol. The van der Waals surface area contributed by atoms with E-state index in [1.165, 1.54) is 6.26 Å². The van der Waals surface area contributed by atoms with Gasteiger partial charge in [-0.1, -0.05) is 0 Å². The van der Waals surface area contributed by atoms with Gasteiger partial charge in [0.2, 0.25) is 0 Å². The molecule has 0 spiro atoms. The Hall–Kier alpha value is -1.43. The average molecular weight is 287 g/mol. The molecule has 108 valence electrons. The van der Waals surface area contributed by atoms with E-state index >= 15 is 0 Å². The van der Waals surface area contributed by atoms with Gasteiger partial charge in [0.05, 0.1) is 19.5 Å². The third-order valence-electron chi connectivity index (χ3n) is 2.43. The normalized spacial score (nSPS) is 12.8. The second-order valence-corrected chi connectivity index (χ2v) is 6.62. The summed E-state index contributed by atoms with van der Waals surface area (Å²) >= 11 is 0. The molecule has 1 atom stereocenters. The molecule has 0 fully saturated rings. The van der Waals surface area contributed by atoms with Gasteiger partial charge in [-0.15, -0.1) is 0 Å². The van der Waals surface area contributed by atoms with E-state index in [1.54, 1.807) is 19.2 Å². The smallest absolute Gasteiger partial charge is 0.162 e. The average Bonchev–Trinajstić information content (AvgIpc) is 2.28. The number of nitrogens with one attached hydrogen (secondary N) is 1. The molecule has 1 aromatic rings. The fourth-order valence-corrected chi connectivity index (χ4v) is 2.80. The minimum absolute atomic E-state index is 0.0858. The van der Waals surface area contributed by atoms with Crippen molar-refractivity contribution in [3.05, 3.63) is 18.2 Å². The maximum atomic E-state index is 11.2. The largest absolute Gasteiger partial charge is 0.493 e. The molecule has 0 saturated heterocycles. The summed E-state index contributed by atoms with van der Waals surface area (Å²) in [5, 5.41) is 3.13. The van der Waals surface area contributed by atoms with Crippen LogP contribution in [0.25, 0.3) is 0 Å². The summed E-state index contributed by atoms with van der Waals surface area (Å²) in [6, 6.07) is 5.27. The van der Waals surface area contributed by atoms with Crippen LogP contribution in [0.4, 0.5) is 5.69 Å². The molecule has 1 aromatic carbocycles. The fraction of sp³-hybridized carbons (Fsp3) is 0.538. The minimum atomic E-state index is -2.99. The lowest BCUT2D eigenvalue weighted by atomic mass is 10.2. The number of methoxy groups -OCH3 is 1. The first-order valence-corrected chi connectivity index (χ1v) is 8.17. The first-order valence-electron chi connectivity index (χ1n) is 6.10. The van der Waals surface area contributed by atoms with Crippen LogP contribution in [-0.2, 0) is 9.84 Å². The van der Waals surface area contributed by atoms with Gasteiger partial charge in [-0.3, -0.25) is 0 Å². The molecule has 0 saturated carbocycles. The van der Waals surface area contributed by atoms with Crippen LogP contribution < -0.4 is 14.8 Å². The Morgan fingerprint density at radius 1 is 1.32 bits per heavy atom. The standard InChI is InChI=1S/C13H21NO4S/c1-5-18-12-7-6-11(8-13(12)17-3)14-10(2)9-19(4,15)16/h6-8,10,14H,5,9H2,1-4H3. The molecule has 6 heteroatoms. The minimum Gasteiger partial charge on any atom is -0.493 e. The number of rotatable bonds is 7. The van der Waals surface area contributed by atoms with Gasteiger partial charge in [0, 0.05) is 24.1 Å². The lowest BCUT2D eigenvalue weighted by molar-refractivity contribution is 0.311. The molecule has 0 radical (unpaired) electrons. The Labute approximate surface area is 114 Å². The molecule has 0 aliphatic rings. The quantitative estimate of drug-likeness (QED) is 0.830. The highest BCUT2D eigenvalue weighted by Gasteiger charge is 2.11. The van der Waals surface area contributed by atoms with Crippen molar-refractivity contribution in [1.29, 1.82) is 0 Å². The van der Waals surface area contributed by atoms with Gasteiger partial charge in [-0.05, 0) is 26.0 Å². The first-order chi connectivity index (χ1) is 8.85. The molecule has 5 nitrogen and oxygen atoms in total. The zero-order valence-electron chi connectivity index (χ0n) is 11.8. The lowest BCUT2D eigenvalue weighted by Gasteiger charge is -2.16. The van der Waals surface area contributed by atoms with Gasteiger partial charge >= 0.3 is 0 Å². The topological polar surface area (TPSA) is 64.6 Å². The highest BCUT2D eigenvalue weighted by atomic mass is 32.2. The third kappa shape index (κ3) is 5.38. The molecule has 0 aliphatic heterocycles. The zero-order chi connectivity index (χ0) is 14.5. The molecular weight excluding hydrogens is 266 g/mol. The number of anilines is 1. The lowest BCUT2D eigenvalue weighted by Crippen LogP contribution is -2.24. The number of ether oxygens (including phenoxy) is 2. The first kappa shape index (κ1) is 15.6. The second kappa shape index (κ2) is 6.65. The molecule has 19 heavy (non-hydrogen) atoms. The fourth-order valence-electron chi connectivity index (χ4n) is 1.81. The molecule has 0 aliphatic carbocycles. The molecule has 1 N–H and O–H groups in total. The van der Waals surface area contributed by atoms with Crippen molar-refractivity contribution >= 4 is 15.5 Å². The maximum Gasteiger partial charge on any atom is 0.162 e. The summed E-state index contributed by atoms with van der Waals surface area (Å²) in [6.07, 6.45) is 1.23. The number of hydrogen-bond donors (Lipinski definition) is 1. The number of sulfone groups is 1. The van der Waals surface area contributed by atoms with Crippen molar-refractivity contribution in [1.82, 2.24) is 0 Å². The Bertz CT molecular complexity index is 513. The predicted octanol–water partition coefficient (Wildman–Crippen LogP) is 1.94. The zero-order valence-corrected chi connectivity index (χ0v) is 12.6. The van der Waals surface area contributed by atoms with Crippen LogP contribution in [0.3, 0.4) is 0 Å². The van der Waals surface area contributed by atoms with E-state index in [-0.39, 0.29) is 11.8 Å². The number of hydrogen-bond acceptors (Lipinski definition) is 5. The molecular formula is C13H21NO4S. The van der Waals surface area contributed by atoms with E-state index in [0.29, 0.717) is 18.1 Å². The van der Waals surface area contributed by atoms with E-state index in [0.717, 1.165) is 5.69 Å². The van der Waals surface area contributed by atoms with Crippen molar-refractivity contribution in [3.63, 3.8) is 0 Å². The van der Waals surface area contributed by atoms with E-state index in [1.807, 2.05) is 19.9 Å². The summed E-state index contributed by atoms with van der Waals surface area (Å²) in [7, 11) is -1.42. The van der Waals surface area contributed by atoms with Crippen LogP contribution in [0.1, 0.15) is 13.8 Å². The van der Waals surface area contributed by atoms with E-state index in [9.17, 15) is 8.42 Å². The molecule has 0 bridgehead atoms. The summed E-state index contributed by atoms with van der Waals surface area (Å²) < 4.78 is 33.1. The molecule has 1 rings (SSSR count). The second-order valence-electron chi connectivity index (χ2n) is 4.44. The van der Waals surface area contributed by atoms with Crippen LogP contribution in [0.15, 0.2) is 18.2 Å².